The van der Waals surface area contributed by atoms with Crippen LogP contribution in [0.4, 0.5) is 0 Å². The van der Waals surface area contributed by atoms with Gasteiger partial charge in [-0.1, -0.05) is 20.8 Å². The second kappa shape index (κ2) is 6.81. The molecule has 0 spiro atoms. The second-order valence-electron chi connectivity index (χ2n) is 6.05. The largest absolute Gasteiger partial charge is 0.452 e. The summed E-state index contributed by atoms with van der Waals surface area (Å²) < 4.78 is 33.0. The number of hydrogen-bond acceptors (Lipinski definition) is 4. The number of hydrogen-bond donors (Lipinski definition) is 2. The van der Waals surface area contributed by atoms with Gasteiger partial charge in [-0.3, -0.25) is 0 Å². The third kappa shape index (κ3) is 4.81. The normalized spacial score (nSPS) is 17.4. The van der Waals surface area contributed by atoms with Gasteiger partial charge in [0.05, 0.1) is 6.54 Å². The highest BCUT2D eigenvalue weighted by atomic mass is 79.9. The van der Waals surface area contributed by atoms with Gasteiger partial charge in [-0.2, -0.15) is 0 Å². The van der Waals surface area contributed by atoms with Crippen LogP contribution in [0.5, 0.6) is 0 Å². The Bertz CT molecular complexity index is 579. The zero-order valence-corrected chi connectivity index (χ0v) is 15.1. The van der Waals surface area contributed by atoms with Gasteiger partial charge in [-0.05, 0) is 40.6 Å². The first-order valence-electron chi connectivity index (χ1n) is 7.31. The highest BCUT2D eigenvalue weighted by Crippen LogP contribution is 2.36. The van der Waals surface area contributed by atoms with Crippen LogP contribution < -0.4 is 10.0 Å². The van der Waals surface area contributed by atoms with Crippen molar-refractivity contribution in [2.45, 2.75) is 51.1 Å². The summed E-state index contributed by atoms with van der Waals surface area (Å²) in [7, 11) is -3.53. The topological polar surface area (TPSA) is 71.3 Å². The number of furan rings is 1. The van der Waals surface area contributed by atoms with E-state index in [1.807, 2.05) is 13.8 Å². The van der Waals surface area contributed by atoms with Gasteiger partial charge in [-0.15, -0.1) is 0 Å². The second-order valence-corrected chi connectivity index (χ2v) is 8.51. The summed E-state index contributed by atoms with van der Waals surface area (Å²) in [6, 6.07) is 1.88. The maximum absolute atomic E-state index is 12.3. The Morgan fingerprint density at radius 3 is 2.62 bits per heavy atom. The van der Waals surface area contributed by atoms with Crippen LogP contribution >= 0.6 is 15.9 Å². The first-order chi connectivity index (χ1) is 9.79. The van der Waals surface area contributed by atoms with Crippen molar-refractivity contribution < 1.29 is 12.8 Å². The molecule has 1 aliphatic carbocycles. The van der Waals surface area contributed by atoms with Gasteiger partial charge in [0, 0.05) is 18.7 Å². The molecule has 0 amide bonds. The lowest BCUT2D eigenvalue weighted by Crippen LogP contribution is -2.29. The van der Waals surface area contributed by atoms with Crippen LogP contribution in [0.2, 0.25) is 0 Å². The molecule has 5 nitrogen and oxygen atoms in total. The van der Waals surface area contributed by atoms with Crippen LogP contribution in [-0.4, -0.2) is 21.0 Å². The van der Waals surface area contributed by atoms with Crippen molar-refractivity contribution in [3.05, 3.63) is 16.5 Å². The lowest BCUT2D eigenvalue weighted by Gasteiger charge is -2.11. The fourth-order valence-electron chi connectivity index (χ4n) is 2.12. The first kappa shape index (κ1) is 17.0. The van der Waals surface area contributed by atoms with Crippen molar-refractivity contribution in [3.63, 3.8) is 0 Å². The standard InChI is InChI=1S/C14H23BrN2O3S/c1-9(2)16-8-12-6-13(14(15)20-12)21(18,19)17-7-10(3)11-4-5-11/h6,9-11,16-17H,4-5,7-8H2,1-3H3. The molecule has 2 rings (SSSR count). The van der Waals surface area contributed by atoms with Gasteiger partial charge >= 0.3 is 0 Å². The van der Waals surface area contributed by atoms with Crippen molar-refractivity contribution in [2.75, 3.05) is 6.54 Å². The molecule has 1 fully saturated rings. The van der Waals surface area contributed by atoms with E-state index in [0.717, 1.165) is 0 Å². The van der Waals surface area contributed by atoms with E-state index in [2.05, 4.69) is 32.9 Å². The maximum atomic E-state index is 12.3. The van der Waals surface area contributed by atoms with Crippen molar-refractivity contribution in [1.82, 2.24) is 10.0 Å². The monoisotopic (exact) mass is 378 g/mol. The summed E-state index contributed by atoms with van der Waals surface area (Å²) in [6.07, 6.45) is 2.42. The molecule has 120 valence electrons. The van der Waals surface area contributed by atoms with Crippen LogP contribution in [0.15, 0.2) is 20.0 Å². The molecule has 0 aliphatic heterocycles. The van der Waals surface area contributed by atoms with E-state index in [-0.39, 0.29) is 9.56 Å². The molecule has 1 unspecified atom stereocenters. The number of halogens is 1. The molecular weight excluding hydrogens is 356 g/mol. The van der Waals surface area contributed by atoms with Gasteiger partial charge in [0.1, 0.15) is 10.7 Å². The summed E-state index contributed by atoms with van der Waals surface area (Å²) in [4.78, 5) is 0.172. The Morgan fingerprint density at radius 1 is 1.38 bits per heavy atom. The fourth-order valence-corrected chi connectivity index (χ4v) is 4.26. The third-order valence-electron chi connectivity index (χ3n) is 3.70. The van der Waals surface area contributed by atoms with E-state index in [9.17, 15) is 8.42 Å². The van der Waals surface area contributed by atoms with Crippen LogP contribution in [-0.2, 0) is 16.6 Å². The Labute approximate surface area is 135 Å². The van der Waals surface area contributed by atoms with Gasteiger partial charge in [0.25, 0.3) is 0 Å². The number of rotatable bonds is 8. The molecule has 1 saturated carbocycles. The molecule has 0 bridgehead atoms. The lowest BCUT2D eigenvalue weighted by molar-refractivity contribution is 0.446. The molecule has 0 aromatic carbocycles. The van der Waals surface area contributed by atoms with E-state index in [1.54, 1.807) is 6.07 Å². The van der Waals surface area contributed by atoms with E-state index in [4.69, 9.17) is 4.42 Å². The summed E-state index contributed by atoms with van der Waals surface area (Å²) in [5.41, 5.74) is 0. The van der Waals surface area contributed by atoms with Crippen molar-refractivity contribution in [1.29, 1.82) is 0 Å². The molecule has 0 radical (unpaired) electrons. The molecule has 0 saturated heterocycles. The van der Waals surface area contributed by atoms with E-state index < -0.39 is 10.0 Å². The lowest BCUT2D eigenvalue weighted by atomic mass is 10.1. The van der Waals surface area contributed by atoms with E-state index in [1.165, 1.54) is 12.8 Å². The predicted octanol–water partition coefficient (Wildman–Crippen LogP) is 2.86. The first-order valence-corrected chi connectivity index (χ1v) is 9.58. The summed E-state index contributed by atoms with van der Waals surface area (Å²) in [6.45, 7) is 7.12. The zero-order chi connectivity index (χ0) is 15.6. The minimum absolute atomic E-state index is 0.172. The molecule has 7 heteroatoms. The summed E-state index contributed by atoms with van der Waals surface area (Å²) >= 11 is 3.19. The molecule has 1 atom stereocenters. The number of nitrogens with one attached hydrogen (secondary N) is 2. The highest BCUT2D eigenvalue weighted by molar-refractivity contribution is 9.10. The van der Waals surface area contributed by atoms with Crippen LogP contribution in [0.1, 0.15) is 39.4 Å². The average molecular weight is 379 g/mol. The molecule has 1 aromatic heterocycles. The number of sulfonamides is 1. The maximum Gasteiger partial charge on any atom is 0.244 e. The van der Waals surface area contributed by atoms with Gasteiger partial charge in [0.2, 0.25) is 10.0 Å². The Balaban J connectivity index is 2.01. The van der Waals surface area contributed by atoms with Crippen molar-refractivity contribution >= 4 is 26.0 Å². The molecular formula is C14H23BrN2O3S. The minimum Gasteiger partial charge on any atom is -0.452 e. The Morgan fingerprint density at radius 2 is 2.05 bits per heavy atom. The van der Waals surface area contributed by atoms with E-state index in [0.29, 0.717) is 36.7 Å². The molecule has 2 N–H and O–H groups in total. The SMILES string of the molecule is CC(C)NCc1cc(S(=O)(=O)NCC(C)C2CC2)c(Br)o1. The third-order valence-corrected chi connectivity index (χ3v) is 5.98. The van der Waals surface area contributed by atoms with Crippen molar-refractivity contribution in [3.8, 4) is 0 Å². The van der Waals surface area contributed by atoms with Crippen LogP contribution in [0.25, 0.3) is 0 Å². The predicted molar refractivity (Wildman–Crippen MR) is 85.5 cm³/mol. The molecule has 1 aliphatic rings. The fraction of sp³-hybridized carbons (Fsp3) is 0.714. The van der Waals surface area contributed by atoms with Gasteiger partial charge in [0.15, 0.2) is 4.67 Å². The molecule has 21 heavy (non-hydrogen) atoms. The zero-order valence-electron chi connectivity index (χ0n) is 12.6. The quantitative estimate of drug-likeness (QED) is 0.729. The van der Waals surface area contributed by atoms with Gasteiger partial charge in [-0.25, -0.2) is 13.1 Å². The Hall–Kier alpha value is -0.370. The highest BCUT2D eigenvalue weighted by Gasteiger charge is 2.30. The average Bonchev–Trinajstić information content (AvgIpc) is 3.17. The molecule has 1 aromatic rings. The van der Waals surface area contributed by atoms with E-state index >= 15 is 0 Å². The summed E-state index contributed by atoms with van der Waals surface area (Å²) in [5, 5.41) is 3.20. The van der Waals surface area contributed by atoms with Crippen molar-refractivity contribution in [2.24, 2.45) is 11.8 Å². The summed E-state index contributed by atoms with van der Waals surface area (Å²) in [5.74, 6) is 1.66. The minimum atomic E-state index is -3.53. The van der Waals surface area contributed by atoms with Crippen LogP contribution in [0.3, 0.4) is 0 Å². The van der Waals surface area contributed by atoms with Crippen LogP contribution in [0, 0.1) is 11.8 Å². The smallest absolute Gasteiger partial charge is 0.244 e. The molecule has 1 heterocycles. The van der Waals surface area contributed by atoms with Gasteiger partial charge < -0.3 is 9.73 Å². The Kier molecular flexibility index (Phi) is 5.51.